The molecular weight excluding hydrogens is 423 g/mol. The molecule has 3 aromatic rings. The predicted octanol–water partition coefficient (Wildman–Crippen LogP) is 3.50. The second-order valence-electron chi connectivity index (χ2n) is 9.13. The van der Waals surface area contributed by atoms with Crippen LogP contribution in [0.3, 0.4) is 0 Å². The monoisotopic (exact) mass is 454 g/mol. The van der Waals surface area contributed by atoms with Crippen LogP contribution in [-0.2, 0) is 5.54 Å². The third-order valence-corrected chi connectivity index (χ3v) is 5.98. The summed E-state index contributed by atoms with van der Waals surface area (Å²) in [6.45, 7) is 9.40. The minimum atomic E-state index is -0.293. The molecule has 8 nitrogen and oxygen atoms in total. The van der Waals surface area contributed by atoms with Crippen LogP contribution in [-0.4, -0.2) is 65.5 Å². The van der Waals surface area contributed by atoms with Crippen molar-refractivity contribution in [2.45, 2.75) is 32.4 Å². The third-order valence-electron chi connectivity index (χ3n) is 5.98. The summed E-state index contributed by atoms with van der Waals surface area (Å²) < 4.78 is 26.5. The number of piperazine rings is 1. The number of ether oxygens (including phenoxy) is 2. The molecule has 1 saturated heterocycles. The van der Waals surface area contributed by atoms with E-state index in [4.69, 9.17) is 9.47 Å². The van der Waals surface area contributed by atoms with Crippen LogP contribution in [0.15, 0.2) is 42.5 Å². The van der Waals surface area contributed by atoms with E-state index < -0.39 is 0 Å². The maximum Gasteiger partial charge on any atom is 0.173 e. The number of nitrogens with zero attached hydrogens (tertiary/aromatic N) is 6. The largest absolute Gasteiger partial charge is 0.497 e. The Balaban J connectivity index is 1.71. The normalized spacial score (nSPS) is 16.0. The summed E-state index contributed by atoms with van der Waals surface area (Å²) in [5.74, 6) is 2.03. The van der Waals surface area contributed by atoms with E-state index in [1.54, 1.807) is 14.2 Å². The molecule has 4 rings (SSSR count). The maximum absolute atomic E-state index is 13.4. The number of anilines is 1. The fourth-order valence-corrected chi connectivity index (χ4v) is 4.28. The molecule has 1 aliphatic heterocycles. The minimum absolute atomic E-state index is 0.223. The van der Waals surface area contributed by atoms with E-state index in [1.807, 2.05) is 35.0 Å². The molecule has 33 heavy (non-hydrogen) atoms. The number of aromatic nitrogens is 4. The first-order valence-corrected chi connectivity index (χ1v) is 11.1. The number of hydrogen-bond acceptors (Lipinski definition) is 7. The highest BCUT2D eigenvalue weighted by Gasteiger charge is 2.35. The van der Waals surface area contributed by atoms with Crippen molar-refractivity contribution in [2.24, 2.45) is 0 Å². The molecule has 2 aromatic carbocycles. The molecule has 1 aromatic heterocycles. The summed E-state index contributed by atoms with van der Waals surface area (Å²) in [6, 6.07) is 12.2. The molecule has 2 heterocycles. The summed E-state index contributed by atoms with van der Waals surface area (Å²) in [7, 11) is 3.32. The molecule has 0 saturated carbocycles. The molecular formula is C24H31FN6O2. The Morgan fingerprint density at radius 1 is 0.939 bits per heavy atom. The first kappa shape index (κ1) is 23.0. The van der Waals surface area contributed by atoms with Crippen molar-refractivity contribution in [3.8, 4) is 11.5 Å². The molecule has 176 valence electrons. The van der Waals surface area contributed by atoms with Crippen molar-refractivity contribution in [3.05, 3.63) is 59.7 Å². The van der Waals surface area contributed by atoms with Gasteiger partial charge in [-0.25, -0.2) is 9.07 Å². The smallest absolute Gasteiger partial charge is 0.173 e. The van der Waals surface area contributed by atoms with Crippen LogP contribution < -0.4 is 14.4 Å². The number of hydrogen-bond donors (Lipinski definition) is 0. The predicted molar refractivity (Wildman–Crippen MR) is 124 cm³/mol. The molecule has 1 unspecified atom stereocenters. The van der Waals surface area contributed by atoms with Crippen LogP contribution in [0, 0.1) is 5.82 Å². The molecule has 0 aliphatic carbocycles. The summed E-state index contributed by atoms with van der Waals surface area (Å²) in [4.78, 5) is 4.63. The van der Waals surface area contributed by atoms with E-state index in [9.17, 15) is 4.39 Å². The van der Waals surface area contributed by atoms with E-state index in [0.717, 1.165) is 54.8 Å². The molecule has 0 radical (unpaired) electrons. The van der Waals surface area contributed by atoms with Gasteiger partial charge in [0.15, 0.2) is 5.82 Å². The Hall–Kier alpha value is -3.20. The van der Waals surface area contributed by atoms with Crippen LogP contribution in [0.25, 0.3) is 0 Å². The molecule has 0 amide bonds. The summed E-state index contributed by atoms with van der Waals surface area (Å²) in [5, 5.41) is 12.8. The van der Waals surface area contributed by atoms with E-state index in [2.05, 4.69) is 46.1 Å². The van der Waals surface area contributed by atoms with Crippen molar-refractivity contribution >= 4 is 5.69 Å². The third kappa shape index (κ3) is 4.78. The molecule has 0 N–H and O–H groups in total. The SMILES string of the molecule is COc1ccc(OC)c(C(c2nnnn2C(C)(C)C)N2CCN(c3ccc(F)cc3)CC2)c1. The number of halogens is 1. The Morgan fingerprint density at radius 2 is 1.64 bits per heavy atom. The van der Waals surface area contributed by atoms with Crippen molar-refractivity contribution in [1.29, 1.82) is 0 Å². The second kappa shape index (κ2) is 9.35. The molecule has 0 spiro atoms. The topological polar surface area (TPSA) is 68.5 Å². The van der Waals surface area contributed by atoms with Gasteiger partial charge in [-0.05, 0) is 73.7 Å². The fourth-order valence-electron chi connectivity index (χ4n) is 4.28. The van der Waals surface area contributed by atoms with Gasteiger partial charge in [-0.1, -0.05) is 0 Å². The van der Waals surface area contributed by atoms with Crippen molar-refractivity contribution in [1.82, 2.24) is 25.1 Å². The lowest BCUT2D eigenvalue weighted by Crippen LogP contribution is -2.48. The van der Waals surface area contributed by atoms with Gasteiger partial charge >= 0.3 is 0 Å². The zero-order valence-corrected chi connectivity index (χ0v) is 19.8. The van der Waals surface area contributed by atoms with Crippen molar-refractivity contribution in [2.75, 3.05) is 45.3 Å². The molecule has 0 bridgehead atoms. The highest BCUT2D eigenvalue weighted by molar-refractivity contribution is 5.48. The van der Waals surface area contributed by atoms with Gasteiger partial charge in [-0.15, -0.1) is 5.10 Å². The second-order valence-corrected chi connectivity index (χ2v) is 9.13. The molecule has 1 atom stereocenters. The Bertz CT molecular complexity index is 1070. The summed E-state index contributed by atoms with van der Waals surface area (Å²) in [5.41, 5.74) is 1.68. The van der Waals surface area contributed by atoms with Crippen molar-refractivity contribution < 1.29 is 13.9 Å². The van der Waals surface area contributed by atoms with E-state index in [0.29, 0.717) is 0 Å². The molecule has 9 heteroatoms. The number of methoxy groups -OCH3 is 2. The minimum Gasteiger partial charge on any atom is -0.497 e. The van der Waals surface area contributed by atoms with Gasteiger partial charge in [-0.3, -0.25) is 4.90 Å². The first-order valence-electron chi connectivity index (χ1n) is 11.1. The highest BCUT2D eigenvalue weighted by Crippen LogP contribution is 2.38. The van der Waals surface area contributed by atoms with Crippen LogP contribution in [0.4, 0.5) is 10.1 Å². The van der Waals surface area contributed by atoms with Gasteiger partial charge in [0.25, 0.3) is 0 Å². The van der Waals surface area contributed by atoms with Crippen LogP contribution >= 0.6 is 0 Å². The lowest BCUT2D eigenvalue weighted by atomic mass is 10.00. The van der Waals surface area contributed by atoms with Gasteiger partial charge < -0.3 is 14.4 Å². The fraction of sp³-hybridized carbons (Fsp3) is 0.458. The quantitative estimate of drug-likeness (QED) is 0.565. The molecule has 1 fully saturated rings. The average molecular weight is 455 g/mol. The first-order chi connectivity index (χ1) is 15.8. The maximum atomic E-state index is 13.4. The molecule has 1 aliphatic rings. The highest BCUT2D eigenvalue weighted by atomic mass is 19.1. The average Bonchev–Trinajstić information content (AvgIpc) is 3.30. The van der Waals surface area contributed by atoms with Gasteiger partial charge in [0, 0.05) is 37.4 Å². The van der Waals surface area contributed by atoms with E-state index >= 15 is 0 Å². The van der Waals surface area contributed by atoms with Gasteiger partial charge in [0.1, 0.15) is 23.4 Å². The Morgan fingerprint density at radius 3 is 2.24 bits per heavy atom. The summed E-state index contributed by atoms with van der Waals surface area (Å²) >= 11 is 0. The summed E-state index contributed by atoms with van der Waals surface area (Å²) in [6.07, 6.45) is 0. The van der Waals surface area contributed by atoms with Gasteiger partial charge in [0.2, 0.25) is 0 Å². The van der Waals surface area contributed by atoms with Gasteiger partial charge in [0.05, 0.1) is 19.8 Å². The van der Waals surface area contributed by atoms with Crippen LogP contribution in [0.5, 0.6) is 11.5 Å². The standard InChI is InChI=1S/C24H31FN6O2/c1-24(2,3)31-23(26-27-28-31)22(20-16-19(32-4)10-11-21(20)33-5)30-14-12-29(13-15-30)18-8-6-17(25)7-9-18/h6-11,16,22H,12-15H2,1-5H3. The number of rotatable bonds is 6. The zero-order valence-electron chi connectivity index (χ0n) is 19.8. The van der Waals surface area contributed by atoms with Crippen LogP contribution in [0.1, 0.15) is 38.2 Å². The van der Waals surface area contributed by atoms with E-state index in [-0.39, 0.29) is 17.4 Å². The van der Waals surface area contributed by atoms with Crippen LogP contribution in [0.2, 0.25) is 0 Å². The zero-order chi connectivity index (χ0) is 23.6. The Labute approximate surface area is 193 Å². The van der Waals surface area contributed by atoms with Crippen molar-refractivity contribution in [3.63, 3.8) is 0 Å². The van der Waals surface area contributed by atoms with Gasteiger partial charge in [-0.2, -0.15) is 0 Å². The van der Waals surface area contributed by atoms with E-state index in [1.165, 1.54) is 12.1 Å². The number of benzene rings is 2. The Kier molecular flexibility index (Phi) is 6.51. The lowest BCUT2D eigenvalue weighted by molar-refractivity contribution is 0.188. The lowest BCUT2D eigenvalue weighted by Gasteiger charge is -2.40. The number of tetrazole rings is 1.